The number of nitrogens with zero attached hydrogens (tertiary/aromatic N) is 1. The van der Waals surface area contributed by atoms with Gasteiger partial charge in [-0.1, -0.05) is 24.4 Å². The number of hydrogen-bond donors (Lipinski definition) is 1. The van der Waals surface area contributed by atoms with Crippen molar-refractivity contribution in [3.63, 3.8) is 0 Å². The Hall–Kier alpha value is -1.43. The van der Waals surface area contributed by atoms with Gasteiger partial charge < -0.3 is 4.98 Å². The van der Waals surface area contributed by atoms with E-state index >= 15 is 0 Å². The Kier molecular flexibility index (Phi) is 2.45. The van der Waals surface area contributed by atoms with Gasteiger partial charge in [-0.05, 0) is 30.4 Å². The fraction of sp³-hybridized carbons (Fsp3) is 0.333. The normalized spacial score (nSPS) is 16.2. The average Bonchev–Trinajstić information content (AvgIpc) is 3.10. The van der Waals surface area contributed by atoms with Crippen molar-refractivity contribution < 1.29 is 13.2 Å². The first-order chi connectivity index (χ1) is 8.47. The fourth-order valence-corrected chi connectivity index (χ4v) is 2.41. The number of alkyl halides is 3. The van der Waals surface area contributed by atoms with E-state index < -0.39 is 12.0 Å². The van der Waals surface area contributed by atoms with Crippen LogP contribution in [0.2, 0.25) is 0 Å². The number of nitrogens with one attached hydrogen (secondary N) is 1. The molecule has 0 unspecified atom stereocenters. The first-order valence-corrected chi connectivity index (χ1v) is 5.98. The number of benzene rings is 1. The van der Waals surface area contributed by atoms with Crippen LogP contribution in [0.15, 0.2) is 18.2 Å². The van der Waals surface area contributed by atoms with Gasteiger partial charge in [0, 0.05) is 5.39 Å². The van der Waals surface area contributed by atoms with Crippen molar-refractivity contribution in [3.05, 3.63) is 34.2 Å². The molecule has 6 heteroatoms. The first-order valence-electron chi connectivity index (χ1n) is 5.57. The molecule has 1 saturated carbocycles. The summed E-state index contributed by atoms with van der Waals surface area (Å²) in [5, 5.41) is 0.656. The van der Waals surface area contributed by atoms with Crippen molar-refractivity contribution in [1.29, 1.82) is 0 Å². The van der Waals surface area contributed by atoms with E-state index in [1.165, 1.54) is 0 Å². The molecule has 1 aliphatic rings. The number of H-pyrrole nitrogens is 1. The van der Waals surface area contributed by atoms with Gasteiger partial charge >= 0.3 is 6.18 Å². The lowest BCUT2D eigenvalue weighted by molar-refractivity contribution is -0.144. The fourth-order valence-electron chi connectivity index (χ4n) is 2.09. The molecule has 0 saturated heterocycles. The van der Waals surface area contributed by atoms with Crippen LogP contribution in [0.25, 0.3) is 10.9 Å². The summed E-state index contributed by atoms with van der Waals surface area (Å²) >= 11 is 5.01. The van der Waals surface area contributed by atoms with Gasteiger partial charge in [0.05, 0.1) is 5.52 Å². The maximum Gasteiger partial charge on any atom is 0.449 e. The number of fused-ring (bicyclic) bond motifs is 1. The highest BCUT2D eigenvalue weighted by molar-refractivity contribution is 7.71. The monoisotopic (exact) mass is 270 g/mol. The topological polar surface area (TPSA) is 28.7 Å². The molecule has 0 bridgehead atoms. The van der Waals surface area contributed by atoms with Crippen LogP contribution in [0.3, 0.4) is 0 Å². The van der Waals surface area contributed by atoms with Crippen molar-refractivity contribution in [2.24, 2.45) is 0 Å². The Morgan fingerprint density at radius 1 is 1.28 bits per heavy atom. The summed E-state index contributed by atoms with van der Waals surface area (Å²) in [6, 6.07) is 5.27. The zero-order valence-corrected chi connectivity index (χ0v) is 10.0. The van der Waals surface area contributed by atoms with Crippen LogP contribution in [-0.4, -0.2) is 9.97 Å². The predicted molar refractivity (Wildman–Crippen MR) is 63.9 cm³/mol. The molecule has 1 fully saturated rings. The van der Waals surface area contributed by atoms with Gasteiger partial charge in [0.15, 0.2) is 0 Å². The summed E-state index contributed by atoms with van der Waals surface area (Å²) in [5.74, 6) is -0.615. The van der Waals surface area contributed by atoms with E-state index in [2.05, 4.69) is 9.97 Å². The summed E-state index contributed by atoms with van der Waals surface area (Å²) in [5.41, 5.74) is 1.42. The van der Waals surface area contributed by atoms with Crippen molar-refractivity contribution in [2.45, 2.75) is 24.9 Å². The molecule has 1 aromatic carbocycles. The molecule has 3 rings (SSSR count). The zero-order chi connectivity index (χ0) is 12.9. The van der Waals surface area contributed by atoms with Crippen molar-refractivity contribution in [2.75, 3.05) is 0 Å². The number of aromatic nitrogens is 2. The summed E-state index contributed by atoms with van der Waals surface area (Å²) in [6.45, 7) is 0. The van der Waals surface area contributed by atoms with Gasteiger partial charge in [-0.2, -0.15) is 13.2 Å². The molecule has 0 radical (unpaired) electrons. The van der Waals surface area contributed by atoms with Crippen LogP contribution < -0.4 is 0 Å². The summed E-state index contributed by atoms with van der Waals surface area (Å²) in [6.07, 6.45) is -2.37. The molecule has 2 aromatic rings. The quantitative estimate of drug-likeness (QED) is 0.787. The van der Waals surface area contributed by atoms with E-state index in [9.17, 15) is 13.2 Å². The summed E-state index contributed by atoms with van der Waals surface area (Å²) in [4.78, 5) is 5.81. The molecule has 0 amide bonds. The lowest BCUT2D eigenvalue weighted by Crippen LogP contribution is -2.11. The molecule has 0 aliphatic heterocycles. The summed E-state index contributed by atoms with van der Waals surface area (Å²) in [7, 11) is 0. The van der Waals surface area contributed by atoms with E-state index in [4.69, 9.17) is 12.2 Å². The van der Waals surface area contributed by atoms with Crippen LogP contribution in [0.4, 0.5) is 13.2 Å². The minimum atomic E-state index is -4.50. The predicted octanol–water partition coefficient (Wildman–Crippen LogP) is 4.19. The molecular weight excluding hydrogens is 261 g/mol. The SMILES string of the molecule is FC(F)(F)c1nc(=S)c2c(C3CC3)cccc2[nH]1. The van der Waals surface area contributed by atoms with E-state index in [0.717, 1.165) is 18.4 Å². The van der Waals surface area contributed by atoms with Crippen LogP contribution in [0.5, 0.6) is 0 Å². The third-order valence-corrected chi connectivity index (χ3v) is 3.36. The van der Waals surface area contributed by atoms with Crippen molar-refractivity contribution in [3.8, 4) is 0 Å². The second-order valence-corrected chi connectivity index (χ2v) is 4.82. The van der Waals surface area contributed by atoms with Gasteiger partial charge in [0.2, 0.25) is 5.82 Å². The van der Waals surface area contributed by atoms with Crippen LogP contribution in [0.1, 0.15) is 30.1 Å². The lowest BCUT2D eigenvalue weighted by atomic mass is 10.1. The zero-order valence-electron chi connectivity index (χ0n) is 9.21. The molecule has 1 aromatic heterocycles. The molecular formula is C12H9F3N2S. The highest BCUT2D eigenvalue weighted by Gasteiger charge is 2.34. The average molecular weight is 270 g/mol. The Morgan fingerprint density at radius 2 is 2.00 bits per heavy atom. The molecule has 0 atom stereocenters. The smallest absolute Gasteiger partial charge is 0.335 e. The number of halogens is 3. The summed E-state index contributed by atoms with van der Waals surface area (Å²) < 4.78 is 37.9. The second kappa shape index (κ2) is 3.78. The lowest BCUT2D eigenvalue weighted by Gasteiger charge is -2.09. The third kappa shape index (κ3) is 1.90. The Labute approximate surface area is 106 Å². The third-order valence-electron chi connectivity index (χ3n) is 3.06. The molecule has 94 valence electrons. The van der Waals surface area contributed by atoms with Crippen molar-refractivity contribution >= 4 is 23.1 Å². The molecule has 1 N–H and O–H groups in total. The Balaban J connectivity index is 2.30. The van der Waals surface area contributed by atoms with Crippen LogP contribution in [0, 0.1) is 4.64 Å². The maximum atomic E-state index is 12.6. The molecule has 2 nitrogen and oxygen atoms in total. The van der Waals surface area contributed by atoms with E-state index in [1.807, 2.05) is 6.07 Å². The number of aromatic amines is 1. The maximum absolute atomic E-state index is 12.6. The van der Waals surface area contributed by atoms with E-state index in [-0.39, 0.29) is 4.64 Å². The minimum Gasteiger partial charge on any atom is -0.335 e. The van der Waals surface area contributed by atoms with Crippen LogP contribution in [-0.2, 0) is 6.18 Å². The number of hydrogen-bond acceptors (Lipinski definition) is 2. The largest absolute Gasteiger partial charge is 0.449 e. The highest BCUT2D eigenvalue weighted by atomic mass is 32.1. The minimum absolute atomic E-state index is 0.0265. The van der Waals surface area contributed by atoms with E-state index in [1.54, 1.807) is 12.1 Å². The van der Waals surface area contributed by atoms with Gasteiger partial charge in [0.1, 0.15) is 4.64 Å². The van der Waals surface area contributed by atoms with Crippen LogP contribution >= 0.6 is 12.2 Å². The van der Waals surface area contributed by atoms with E-state index in [0.29, 0.717) is 16.8 Å². The van der Waals surface area contributed by atoms with Gasteiger partial charge in [-0.25, -0.2) is 4.98 Å². The van der Waals surface area contributed by atoms with Gasteiger partial charge in [0.25, 0.3) is 0 Å². The van der Waals surface area contributed by atoms with Gasteiger partial charge in [-0.3, -0.25) is 0 Å². The molecule has 18 heavy (non-hydrogen) atoms. The van der Waals surface area contributed by atoms with Crippen molar-refractivity contribution in [1.82, 2.24) is 9.97 Å². The Morgan fingerprint density at radius 3 is 2.61 bits per heavy atom. The molecule has 0 spiro atoms. The second-order valence-electron chi connectivity index (χ2n) is 4.43. The number of rotatable bonds is 1. The molecule has 1 aliphatic carbocycles. The highest BCUT2D eigenvalue weighted by Crippen LogP contribution is 2.43. The standard InChI is InChI=1S/C12H9F3N2S/c13-12(14,15)11-16-8-3-1-2-7(6-4-5-6)9(8)10(18)17-11/h1-3,6H,4-5H2,(H,16,17,18). The molecule has 1 heterocycles. The van der Waals surface area contributed by atoms with Gasteiger partial charge in [-0.15, -0.1) is 0 Å². The Bertz CT molecular complexity index is 671. The first kappa shape index (κ1) is 11.6.